The van der Waals surface area contributed by atoms with Crippen molar-refractivity contribution in [2.24, 2.45) is 5.92 Å². The molecule has 0 bridgehead atoms. The molecule has 2 nitrogen and oxygen atoms in total. The van der Waals surface area contributed by atoms with Crippen LogP contribution in [0.2, 0.25) is 0 Å². The van der Waals surface area contributed by atoms with Gasteiger partial charge in [-0.1, -0.05) is 0 Å². The van der Waals surface area contributed by atoms with E-state index in [9.17, 15) is 0 Å². The van der Waals surface area contributed by atoms with Crippen molar-refractivity contribution in [3.63, 3.8) is 0 Å². The quantitative estimate of drug-likeness (QED) is 0.868. The molecule has 0 radical (unpaired) electrons. The summed E-state index contributed by atoms with van der Waals surface area (Å²) >= 11 is 5.50. The average molecular weight is 366 g/mol. The molecule has 0 saturated carbocycles. The molecule has 1 unspecified atom stereocenters. The molecular weight excluding hydrogens is 344 g/mol. The first kappa shape index (κ1) is 15.8. The predicted molar refractivity (Wildman–Crippen MR) is 88.4 cm³/mol. The lowest BCUT2D eigenvalue weighted by molar-refractivity contribution is 0.195. The molecule has 2 aliphatic heterocycles. The van der Waals surface area contributed by atoms with Crippen LogP contribution in [0.3, 0.4) is 0 Å². The number of thiophene rings is 1. The molecule has 0 aromatic carbocycles. The Morgan fingerprint density at radius 2 is 2.05 bits per heavy atom. The van der Waals surface area contributed by atoms with E-state index < -0.39 is 0 Å². The van der Waals surface area contributed by atoms with Crippen LogP contribution in [-0.4, -0.2) is 31.1 Å². The Morgan fingerprint density at radius 3 is 2.74 bits per heavy atom. The number of hydrogen-bond donors (Lipinski definition) is 1. The minimum absolute atomic E-state index is 0. The van der Waals surface area contributed by atoms with Gasteiger partial charge in [0.1, 0.15) is 0 Å². The van der Waals surface area contributed by atoms with Crippen LogP contribution < -0.4 is 5.32 Å². The maximum Gasteiger partial charge on any atom is 0.0701 e. The van der Waals surface area contributed by atoms with Crippen molar-refractivity contribution in [2.75, 3.05) is 26.2 Å². The third-order valence-electron chi connectivity index (χ3n) is 4.24. The van der Waals surface area contributed by atoms with Crippen LogP contribution in [0, 0.1) is 5.92 Å². The monoisotopic (exact) mass is 364 g/mol. The van der Waals surface area contributed by atoms with Crippen molar-refractivity contribution in [1.29, 1.82) is 0 Å². The zero-order valence-electron chi connectivity index (χ0n) is 11.1. The van der Waals surface area contributed by atoms with Crippen LogP contribution >= 0.6 is 39.7 Å². The van der Waals surface area contributed by atoms with E-state index in [-0.39, 0.29) is 12.4 Å². The van der Waals surface area contributed by atoms with E-state index in [1.54, 1.807) is 4.88 Å². The van der Waals surface area contributed by atoms with Gasteiger partial charge in [-0.25, -0.2) is 0 Å². The van der Waals surface area contributed by atoms with Crippen molar-refractivity contribution in [3.8, 4) is 0 Å². The molecule has 2 saturated heterocycles. The molecule has 1 aromatic heterocycles. The second-order valence-corrected chi connectivity index (χ2v) is 7.98. The van der Waals surface area contributed by atoms with Crippen LogP contribution in [-0.2, 0) is 0 Å². The number of likely N-dealkylation sites (tertiary alicyclic amines) is 1. The molecule has 2 fully saturated rings. The first-order chi connectivity index (χ1) is 8.83. The molecule has 19 heavy (non-hydrogen) atoms. The van der Waals surface area contributed by atoms with Crippen molar-refractivity contribution >= 4 is 39.7 Å². The van der Waals surface area contributed by atoms with E-state index in [0.717, 1.165) is 5.92 Å². The Morgan fingerprint density at radius 1 is 1.26 bits per heavy atom. The minimum Gasteiger partial charge on any atom is -0.317 e. The van der Waals surface area contributed by atoms with E-state index >= 15 is 0 Å². The first-order valence-corrected chi connectivity index (χ1v) is 8.64. The standard InChI is InChI=1S/C14H21BrN2S.ClH/c15-14-4-3-13(18-14)12-2-1-9-17(12)10-11-5-7-16-8-6-11;/h3-4,11-12,16H,1-2,5-10H2;1H. The molecule has 0 aliphatic carbocycles. The summed E-state index contributed by atoms with van der Waals surface area (Å²) < 4.78 is 1.27. The topological polar surface area (TPSA) is 15.3 Å². The fourth-order valence-electron chi connectivity index (χ4n) is 3.27. The Hall–Kier alpha value is 0.390. The van der Waals surface area contributed by atoms with E-state index in [1.807, 2.05) is 11.3 Å². The molecule has 1 N–H and O–H groups in total. The number of piperidine rings is 1. The molecule has 5 heteroatoms. The van der Waals surface area contributed by atoms with Gasteiger partial charge in [-0.05, 0) is 79.3 Å². The van der Waals surface area contributed by atoms with E-state index in [0.29, 0.717) is 6.04 Å². The number of nitrogens with one attached hydrogen (secondary N) is 1. The fourth-order valence-corrected chi connectivity index (χ4v) is 4.86. The highest BCUT2D eigenvalue weighted by Crippen LogP contribution is 2.38. The Kier molecular flexibility index (Phi) is 6.15. The smallest absolute Gasteiger partial charge is 0.0701 e. The van der Waals surface area contributed by atoms with Crippen molar-refractivity contribution in [2.45, 2.75) is 31.7 Å². The minimum atomic E-state index is 0. The highest BCUT2D eigenvalue weighted by Gasteiger charge is 2.29. The van der Waals surface area contributed by atoms with Gasteiger partial charge in [0.15, 0.2) is 0 Å². The van der Waals surface area contributed by atoms with Gasteiger partial charge < -0.3 is 5.32 Å². The molecule has 3 heterocycles. The Bertz CT molecular complexity index is 393. The molecule has 3 rings (SSSR count). The predicted octanol–water partition coefficient (Wildman–Crippen LogP) is 4.07. The summed E-state index contributed by atoms with van der Waals surface area (Å²) in [5, 5.41) is 3.46. The molecule has 1 aromatic rings. The lowest BCUT2D eigenvalue weighted by Gasteiger charge is -2.30. The molecule has 0 spiro atoms. The van der Waals surface area contributed by atoms with Gasteiger partial charge in [-0.15, -0.1) is 23.7 Å². The van der Waals surface area contributed by atoms with Crippen molar-refractivity contribution in [1.82, 2.24) is 10.2 Å². The number of nitrogens with zero attached hydrogens (tertiary/aromatic N) is 1. The zero-order valence-corrected chi connectivity index (χ0v) is 14.3. The number of hydrogen-bond acceptors (Lipinski definition) is 3. The molecule has 1 atom stereocenters. The van der Waals surface area contributed by atoms with E-state index in [4.69, 9.17) is 0 Å². The fraction of sp³-hybridized carbons (Fsp3) is 0.714. The van der Waals surface area contributed by atoms with Gasteiger partial charge in [0.2, 0.25) is 0 Å². The third kappa shape index (κ3) is 3.94. The summed E-state index contributed by atoms with van der Waals surface area (Å²) in [6.45, 7) is 5.04. The zero-order chi connectivity index (χ0) is 12.4. The molecular formula is C14H22BrClN2S. The summed E-state index contributed by atoms with van der Waals surface area (Å²) in [5.41, 5.74) is 0. The second-order valence-electron chi connectivity index (χ2n) is 5.49. The van der Waals surface area contributed by atoms with Gasteiger partial charge in [0, 0.05) is 17.5 Å². The molecule has 108 valence electrons. The van der Waals surface area contributed by atoms with Gasteiger partial charge in [-0.2, -0.15) is 0 Å². The molecule has 0 amide bonds. The van der Waals surface area contributed by atoms with Crippen LogP contribution in [0.4, 0.5) is 0 Å². The SMILES string of the molecule is Brc1ccc(C2CCCN2CC2CCNCC2)s1.Cl. The number of rotatable bonds is 3. The maximum atomic E-state index is 3.59. The number of halogens is 2. The largest absolute Gasteiger partial charge is 0.317 e. The highest BCUT2D eigenvalue weighted by molar-refractivity contribution is 9.11. The normalized spacial score (nSPS) is 25.4. The highest BCUT2D eigenvalue weighted by atomic mass is 79.9. The van der Waals surface area contributed by atoms with Crippen molar-refractivity contribution < 1.29 is 0 Å². The molecule has 2 aliphatic rings. The summed E-state index contributed by atoms with van der Waals surface area (Å²) in [5.74, 6) is 0.912. The summed E-state index contributed by atoms with van der Waals surface area (Å²) in [4.78, 5) is 4.28. The van der Waals surface area contributed by atoms with E-state index in [2.05, 4.69) is 38.3 Å². The van der Waals surface area contributed by atoms with Crippen LogP contribution in [0.5, 0.6) is 0 Å². The summed E-state index contributed by atoms with van der Waals surface area (Å²) in [7, 11) is 0. The lowest BCUT2D eigenvalue weighted by atomic mass is 9.97. The van der Waals surface area contributed by atoms with Crippen LogP contribution in [0.1, 0.15) is 36.6 Å². The van der Waals surface area contributed by atoms with Crippen molar-refractivity contribution in [3.05, 3.63) is 20.8 Å². The summed E-state index contributed by atoms with van der Waals surface area (Å²) in [6, 6.07) is 5.19. The maximum absolute atomic E-state index is 3.59. The Labute approximate surface area is 134 Å². The summed E-state index contributed by atoms with van der Waals surface area (Å²) in [6.07, 6.45) is 5.43. The van der Waals surface area contributed by atoms with E-state index in [1.165, 1.54) is 55.6 Å². The Balaban J connectivity index is 0.00000133. The van der Waals surface area contributed by atoms with Gasteiger partial charge in [0.05, 0.1) is 3.79 Å². The van der Waals surface area contributed by atoms with Crippen LogP contribution in [0.25, 0.3) is 0 Å². The van der Waals surface area contributed by atoms with Gasteiger partial charge in [-0.3, -0.25) is 4.90 Å². The first-order valence-electron chi connectivity index (χ1n) is 7.03. The second kappa shape index (κ2) is 7.41. The lowest BCUT2D eigenvalue weighted by Crippen LogP contribution is -2.35. The average Bonchev–Trinajstić information content (AvgIpc) is 2.99. The van der Waals surface area contributed by atoms with Crippen LogP contribution in [0.15, 0.2) is 15.9 Å². The third-order valence-corrected chi connectivity index (χ3v) is 5.96. The van der Waals surface area contributed by atoms with Gasteiger partial charge >= 0.3 is 0 Å². The van der Waals surface area contributed by atoms with Gasteiger partial charge in [0.25, 0.3) is 0 Å².